The molecule has 0 radical (unpaired) electrons. The van der Waals surface area contributed by atoms with Crippen LogP contribution < -0.4 is 5.32 Å². The number of allylic oxidation sites excluding steroid dienone is 3. The van der Waals surface area contributed by atoms with E-state index >= 15 is 0 Å². The fourth-order valence-electron chi connectivity index (χ4n) is 9.73. The highest BCUT2D eigenvalue weighted by atomic mass is 33.1. The Morgan fingerprint density at radius 3 is 2.71 bits per heavy atom. The highest BCUT2D eigenvalue weighted by molar-refractivity contribution is 8.77. The summed E-state index contributed by atoms with van der Waals surface area (Å²) in [6.07, 6.45) is 22.0. The third-order valence-electron chi connectivity index (χ3n) is 11.4. The molecule has 0 amide bonds. The van der Waals surface area contributed by atoms with E-state index in [2.05, 4.69) is 101 Å². The molecule has 2 fully saturated rings. The van der Waals surface area contributed by atoms with Gasteiger partial charge in [0.2, 0.25) is 0 Å². The Hall–Kier alpha value is -1.62. The van der Waals surface area contributed by atoms with E-state index in [0.717, 1.165) is 42.9 Å². The number of phenols is 1. The summed E-state index contributed by atoms with van der Waals surface area (Å²) in [7, 11) is 4.22. The van der Waals surface area contributed by atoms with Crippen molar-refractivity contribution in [3.63, 3.8) is 0 Å². The average molecular weight is 586 g/mol. The number of phenolic OH excluding ortho intramolecular Hbond substituents is 1. The molecule has 0 aromatic heterocycles. The van der Waals surface area contributed by atoms with Crippen LogP contribution in [0.1, 0.15) is 81.0 Å². The summed E-state index contributed by atoms with van der Waals surface area (Å²) in [6, 6.07) is 15.8. The van der Waals surface area contributed by atoms with Crippen molar-refractivity contribution in [2.45, 2.75) is 89.5 Å². The van der Waals surface area contributed by atoms with E-state index in [4.69, 9.17) is 0 Å². The molecule has 8 atom stereocenters. The van der Waals surface area contributed by atoms with Crippen molar-refractivity contribution in [1.29, 1.82) is 0 Å². The van der Waals surface area contributed by atoms with Gasteiger partial charge in [-0.25, -0.2) is 0 Å². The Labute approximate surface area is 255 Å². The smallest absolute Gasteiger partial charge is 0.116 e. The molecule has 5 bridgehead atoms. The quantitative estimate of drug-likeness (QED) is 0.239. The van der Waals surface area contributed by atoms with Gasteiger partial charge in [0, 0.05) is 29.0 Å². The van der Waals surface area contributed by atoms with Gasteiger partial charge in [0.15, 0.2) is 0 Å². The van der Waals surface area contributed by atoms with Crippen molar-refractivity contribution in [3.8, 4) is 5.75 Å². The SMILES string of the molecule is C[C@H]1CC=C[C@@]2(CCC[C@@H]3[C@H]4Cc5cc(O)cc(c5)Cc5ccccc5CN[C@H](C)CSS[C@H]5C=C[C@]32C[C@H]5C4)C1. The molecule has 2 aromatic carbocycles. The van der Waals surface area contributed by atoms with Crippen molar-refractivity contribution >= 4 is 21.6 Å². The second-order valence-electron chi connectivity index (χ2n) is 14.2. The molecule has 2 aromatic rings. The molecule has 7 rings (SSSR count). The van der Waals surface area contributed by atoms with Gasteiger partial charge in [-0.05, 0) is 122 Å². The van der Waals surface area contributed by atoms with Crippen LogP contribution >= 0.6 is 21.6 Å². The predicted octanol–water partition coefficient (Wildman–Crippen LogP) is 9.12. The largest absolute Gasteiger partial charge is 0.508 e. The number of benzene rings is 2. The fourth-order valence-corrected chi connectivity index (χ4v) is 12.8. The summed E-state index contributed by atoms with van der Waals surface area (Å²) in [5.74, 6) is 4.48. The van der Waals surface area contributed by atoms with Gasteiger partial charge >= 0.3 is 0 Å². The van der Waals surface area contributed by atoms with E-state index in [1.54, 1.807) is 0 Å². The Bertz CT molecular complexity index is 1320. The van der Waals surface area contributed by atoms with Crippen LogP contribution in [0.5, 0.6) is 5.75 Å². The molecule has 2 spiro atoms. The second kappa shape index (κ2) is 11.5. The number of hydrogen-bond donors (Lipinski definition) is 2. The summed E-state index contributed by atoms with van der Waals surface area (Å²) in [5.41, 5.74) is 5.93. The van der Waals surface area contributed by atoms with Gasteiger partial charge in [-0.2, -0.15) is 0 Å². The van der Waals surface area contributed by atoms with Crippen LogP contribution in [0, 0.1) is 34.5 Å². The van der Waals surface area contributed by atoms with Crippen molar-refractivity contribution in [2.24, 2.45) is 34.5 Å². The second-order valence-corrected chi connectivity index (χ2v) is 16.8. The highest BCUT2D eigenvalue weighted by Crippen LogP contribution is 2.69. The van der Waals surface area contributed by atoms with Gasteiger partial charge in [0.25, 0.3) is 0 Å². The minimum Gasteiger partial charge on any atom is -0.508 e. The van der Waals surface area contributed by atoms with Crippen molar-refractivity contribution in [3.05, 3.63) is 89.0 Å². The molecular formula is C37H47NOS2. The first-order valence-corrected chi connectivity index (χ1v) is 18.6. The van der Waals surface area contributed by atoms with Crippen LogP contribution in [-0.4, -0.2) is 22.2 Å². The van der Waals surface area contributed by atoms with E-state index < -0.39 is 0 Å². The van der Waals surface area contributed by atoms with E-state index in [9.17, 15) is 5.11 Å². The standard InChI is InChI=1S/C37H47NOS2/c1-25-7-5-12-36(21-25)13-6-10-34-31-17-28-15-27(18-33(39)19-28)16-29-8-3-4-9-30(29)23-38-26(2)24-40-41-35-11-14-37(34,36)22-32(35)20-31/h3-5,8-9,11-12,14-15,18-19,25-26,31-32,34-35,38-39H,6-7,10,13,16-17,20-24H2,1-2H3/t25-,26+,31-,32+,34+,35-,36+,37-/m0/s1. The number of fused-ring (bicyclic) bond motifs is 5. The molecule has 218 valence electrons. The molecule has 1 aliphatic heterocycles. The van der Waals surface area contributed by atoms with Crippen molar-refractivity contribution in [1.82, 2.24) is 5.32 Å². The molecule has 1 heterocycles. The molecule has 5 aliphatic rings. The lowest BCUT2D eigenvalue weighted by atomic mass is 9.40. The summed E-state index contributed by atoms with van der Waals surface area (Å²) in [5, 5.41) is 15.3. The summed E-state index contributed by atoms with van der Waals surface area (Å²) in [6.45, 7) is 5.71. The zero-order chi connectivity index (χ0) is 28.0. The molecular weight excluding hydrogens is 539 g/mol. The average Bonchev–Trinajstić information content (AvgIpc) is 2.94. The molecule has 2 N–H and O–H groups in total. The van der Waals surface area contributed by atoms with Crippen LogP contribution in [0.15, 0.2) is 66.8 Å². The van der Waals surface area contributed by atoms with Gasteiger partial charge in [-0.1, -0.05) is 89.6 Å². The number of nitrogens with one attached hydrogen (secondary N) is 1. The van der Waals surface area contributed by atoms with Crippen LogP contribution in [0.2, 0.25) is 0 Å². The van der Waals surface area contributed by atoms with E-state index in [-0.39, 0.29) is 0 Å². The molecule has 4 heteroatoms. The van der Waals surface area contributed by atoms with Gasteiger partial charge in [-0.3, -0.25) is 0 Å². The van der Waals surface area contributed by atoms with E-state index in [0.29, 0.717) is 33.8 Å². The lowest BCUT2D eigenvalue weighted by Gasteiger charge is -2.65. The molecule has 2 nitrogen and oxygen atoms in total. The Kier molecular flexibility index (Phi) is 7.88. The Morgan fingerprint density at radius 1 is 0.976 bits per heavy atom. The van der Waals surface area contributed by atoms with Crippen LogP contribution in [-0.2, 0) is 19.4 Å². The molecule has 4 aliphatic carbocycles. The lowest BCUT2D eigenvalue weighted by Crippen LogP contribution is -2.57. The Balaban J connectivity index is 1.29. The fraction of sp³-hybridized carbons (Fsp3) is 0.568. The first-order chi connectivity index (χ1) is 19.9. The van der Waals surface area contributed by atoms with Gasteiger partial charge < -0.3 is 10.4 Å². The summed E-state index contributed by atoms with van der Waals surface area (Å²) >= 11 is 0. The van der Waals surface area contributed by atoms with Gasteiger partial charge in [0.05, 0.1) is 0 Å². The van der Waals surface area contributed by atoms with Crippen LogP contribution in [0.25, 0.3) is 0 Å². The van der Waals surface area contributed by atoms with Crippen molar-refractivity contribution in [2.75, 3.05) is 5.75 Å². The molecule has 41 heavy (non-hydrogen) atoms. The molecule has 2 saturated carbocycles. The number of rotatable bonds is 0. The first kappa shape index (κ1) is 28.2. The normalized spacial score (nSPS) is 38.7. The summed E-state index contributed by atoms with van der Waals surface area (Å²) in [4.78, 5) is 0. The number of aromatic hydroxyl groups is 1. The van der Waals surface area contributed by atoms with Gasteiger partial charge in [-0.15, -0.1) is 0 Å². The van der Waals surface area contributed by atoms with Gasteiger partial charge in [0.1, 0.15) is 5.75 Å². The zero-order valence-corrected chi connectivity index (χ0v) is 26.5. The Morgan fingerprint density at radius 2 is 1.83 bits per heavy atom. The predicted molar refractivity (Wildman–Crippen MR) is 176 cm³/mol. The van der Waals surface area contributed by atoms with Crippen LogP contribution in [0.3, 0.4) is 0 Å². The molecule has 0 unspecified atom stereocenters. The monoisotopic (exact) mass is 585 g/mol. The molecule has 0 saturated heterocycles. The minimum atomic E-state index is 0.294. The highest BCUT2D eigenvalue weighted by Gasteiger charge is 2.61. The van der Waals surface area contributed by atoms with E-state index in [1.807, 2.05) is 6.07 Å². The van der Waals surface area contributed by atoms with E-state index in [1.165, 1.54) is 67.2 Å². The zero-order valence-electron chi connectivity index (χ0n) is 24.9. The van der Waals surface area contributed by atoms with Crippen LogP contribution in [0.4, 0.5) is 0 Å². The lowest BCUT2D eigenvalue weighted by molar-refractivity contribution is -0.0886. The maximum Gasteiger partial charge on any atom is 0.116 e. The topological polar surface area (TPSA) is 32.3 Å². The third-order valence-corrected chi connectivity index (χ3v) is 14.4. The third kappa shape index (κ3) is 5.36. The first-order valence-electron chi connectivity index (χ1n) is 16.2. The van der Waals surface area contributed by atoms with Crippen molar-refractivity contribution < 1.29 is 5.11 Å². The minimum absolute atomic E-state index is 0.294. The summed E-state index contributed by atoms with van der Waals surface area (Å²) < 4.78 is 0. The maximum atomic E-state index is 10.9. The number of hydrogen-bond acceptors (Lipinski definition) is 4. The maximum absolute atomic E-state index is 10.9.